The summed E-state index contributed by atoms with van der Waals surface area (Å²) in [6.07, 6.45) is 20.5. The van der Waals surface area contributed by atoms with Crippen LogP contribution in [0.2, 0.25) is 0 Å². The summed E-state index contributed by atoms with van der Waals surface area (Å²) < 4.78 is 11.0. The summed E-state index contributed by atoms with van der Waals surface area (Å²) >= 11 is 0. The summed E-state index contributed by atoms with van der Waals surface area (Å²) in [5, 5.41) is 0. The second-order valence-corrected chi connectivity index (χ2v) is 10.9. The molecule has 2 rings (SSSR count). The summed E-state index contributed by atoms with van der Waals surface area (Å²) in [7, 11) is 0. The van der Waals surface area contributed by atoms with Crippen LogP contribution >= 0.6 is 0 Å². The molecule has 0 amide bonds. The number of rotatable bonds is 21. The molecule has 1 unspecified atom stereocenters. The van der Waals surface area contributed by atoms with Crippen LogP contribution in [-0.4, -0.2) is 18.0 Å². The Hall–Kier alpha value is -2.62. The highest BCUT2D eigenvalue weighted by Gasteiger charge is 2.12. The Labute approximate surface area is 237 Å². The van der Waals surface area contributed by atoms with Crippen molar-refractivity contribution in [2.45, 2.75) is 136 Å². The zero-order valence-electron chi connectivity index (χ0n) is 24.8. The summed E-state index contributed by atoms with van der Waals surface area (Å²) in [4.78, 5) is 24.5. The third kappa shape index (κ3) is 14.4. The maximum Gasteiger partial charge on any atom is 0.338 e. The molecular formula is C35H52O4. The largest absolute Gasteiger partial charge is 0.459 e. The second kappa shape index (κ2) is 20.3. The van der Waals surface area contributed by atoms with Crippen LogP contribution in [0.4, 0.5) is 0 Å². The van der Waals surface area contributed by atoms with Crippen LogP contribution in [0.25, 0.3) is 11.1 Å². The molecule has 0 saturated heterocycles. The molecule has 0 aliphatic heterocycles. The van der Waals surface area contributed by atoms with E-state index in [-0.39, 0.29) is 18.0 Å². The third-order valence-electron chi connectivity index (χ3n) is 7.28. The fourth-order valence-electron chi connectivity index (χ4n) is 4.88. The van der Waals surface area contributed by atoms with E-state index in [1.165, 1.54) is 77.0 Å². The minimum Gasteiger partial charge on any atom is -0.459 e. The molecule has 4 nitrogen and oxygen atoms in total. The monoisotopic (exact) mass is 536 g/mol. The van der Waals surface area contributed by atoms with Gasteiger partial charge in [0.25, 0.3) is 0 Å². The van der Waals surface area contributed by atoms with Crippen LogP contribution in [0.5, 0.6) is 5.75 Å². The maximum atomic E-state index is 12.3. The van der Waals surface area contributed by atoms with Crippen LogP contribution < -0.4 is 4.74 Å². The van der Waals surface area contributed by atoms with E-state index in [1.54, 1.807) is 12.1 Å². The summed E-state index contributed by atoms with van der Waals surface area (Å²) in [6, 6.07) is 14.9. The zero-order valence-corrected chi connectivity index (χ0v) is 24.8. The van der Waals surface area contributed by atoms with E-state index in [4.69, 9.17) is 9.47 Å². The van der Waals surface area contributed by atoms with E-state index in [2.05, 4.69) is 13.8 Å². The molecular weight excluding hydrogens is 484 g/mol. The lowest BCUT2D eigenvalue weighted by atomic mass is 10.0. The van der Waals surface area contributed by atoms with Gasteiger partial charge in [-0.15, -0.1) is 0 Å². The maximum absolute atomic E-state index is 12.3. The lowest BCUT2D eigenvalue weighted by Crippen LogP contribution is -2.14. The molecule has 216 valence electrons. The molecule has 0 aliphatic carbocycles. The van der Waals surface area contributed by atoms with Crippen molar-refractivity contribution in [1.29, 1.82) is 0 Å². The Bertz CT molecular complexity index is 917. The van der Waals surface area contributed by atoms with Crippen molar-refractivity contribution in [1.82, 2.24) is 0 Å². The first kappa shape index (κ1) is 32.6. The Kier molecular flexibility index (Phi) is 17.0. The molecule has 0 fully saturated rings. The number of hydrogen-bond donors (Lipinski definition) is 0. The zero-order chi connectivity index (χ0) is 28.1. The topological polar surface area (TPSA) is 52.6 Å². The van der Waals surface area contributed by atoms with Gasteiger partial charge in [-0.05, 0) is 55.2 Å². The van der Waals surface area contributed by atoms with Gasteiger partial charge in [0.05, 0.1) is 11.7 Å². The van der Waals surface area contributed by atoms with E-state index < -0.39 is 0 Å². The number of esters is 2. The standard InChI is InChI=1S/C35H52O4/c1-4-6-7-8-9-10-11-12-13-14-15-16-17-18-20-34(36)39-33-27-25-31(26-28-33)30-21-23-32(24-22-30)35(37)38-29(3)19-5-2/h21-29H,4-20H2,1-3H3. The van der Waals surface area contributed by atoms with E-state index in [0.717, 1.165) is 36.8 Å². The molecule has 39 heavy (non-hydrogen) atoms. The lowest BCUT2D eigenvalue weighted by Gasteiger charge is -2.12. The van der Waals surface area contributed by atoms with Gasteiger partial charge in [0.15, 0.2) is 0 Å². The van der Waals surface area contributed by atoms with E-state index in [0.29, 0.717) is 17.7 Å². The quantitative estimate of drug-likeness (QED) is 0.0904. The molecule has 1 atom stereocenters. The van der Waals surface area contributed by atoms with Gasteiger partial charge in [-0.3, -0.25) is 4.79 Å². The number of hydrogen-bond acceptors (Lipinski definition) is 4. The molecule has 0 radical (unpaired) electrons. The molecule has 0 N–H and O–H groups in total. The van der Waals surface area contributed by atoms with Crippen molar-refractivity contribution in [3.05, 3.63) is 54.1 Å². The number of ether oxygens (including phenoxy) is 2. The van der Waals surface area contributed by atoms with Gasteiger partial charge in [-0.1, -0.05) is 128 Å². The Balaban J connectivity index is 1.57. The SMILES string of the molecule is CCCCCCCCCCCCCCCCC(=O)Oc1ccc(-c2ccc(C(=O)OC(C)CCC)cc2)cc1. The normalized spacial score (nSPS) is 11.8. The van der Waals surface area contributed by atoms with Crippen LogP contribution in [-0.2, 0) is 9.53 Å². The van der Waals surface area contributed by atoms with Crippen LogP contribution in [0, 0.1) is 0 Å². The van der Waals surface area contributed by atoms with Gasteiger partial charge < -0.3 is 9.47 Å². The number of carbonyl (C=O) groups excluding carboxylic acids is 2. The van der Waals surface area contributed by atoms with Gasteiger partial charge in [0.1, 0.15) is 5.75 Å². The highest BCUT2D eigenvalue weighted by atomic mass is 16.5. The Morgan fingerprint density at radius 3 is 1.56 bits per heavy atom. The number of benzene rings is 2. The molecule has 4 heteroatoms. The van der Waals surface area contributed by atoms with Crippen molar-refractivity contribution in [3.8, 4) is 16.9 Å². The predicted molar refractivity (Wildman–Crippen MR) is 162 cm³/mol. The van der Waals surface area contributed by atoms with Gasteiger partial charge >= 0.3 is 11.9 Å². The average Bonchev–Trinajstić information content (AvgIpc) is 2.94. The lowest BCUT2D eigenvalue weighted by molar-refractivity contribution is -0.134. The molecule has 0 bridgehead atoms. The van der Waals surface area contributed by atoms with Gasteiger partial charge in [-0.2, -0.15) is 0 Å². The molecule has 2 aromatic rings. The molecule has 0 aromatic heterocycles. The van der Waals surface area contributed by atoms with Gasteiger partial charge in [-0.25, -0.2) is 4.79 Å². The second-order valence-electron chi connectivity index (χ2n) is 10.9. The number of carbonyl (C=O) groups is 2. The van der Waals surface area contributed by atoms with Crippen LogP contribution in [0.1, 0.15) is 140 Å². The summed E-state index contributed by atoms with van der Waals surface area (Å²) in [6.45, 7) is 6.27. The molecule has 2 aromatic carbocycles. The highest BCUT2D eigenvalue weighted by molar-refractivity contribution is 5.90. The Morgan fingerprint density at radius 1 is 0.615 bits per heavy atom. The number of unbranched alkanes of at least 4 members (excludes halogenated alkanes) is 13. The average molecular weight is 537 g/mol. The highest BCUT2D eigenvalue weighted by Crippen LogP contribution is 2.24. The summed E-state index contributed by atoms with van der Waals surface area (Å²) in [5.41, 5.74) is 2.55. The molecule has 0 saturated carbocycles. The first-order valence-corrected chi connectivity index (χ1v) is 15.7. The first-order chi connectivity index (χ1) is 19.0. The fourth-order valence-corrected chi connectivity index (χ4v) is 4.88. The molecule has 0 heterocycles. The first-order valence-electron chi connectivity index (χ1n) is 15.7. The van der Waals surface area contributed by atoms with Crippen molar-refractivity contribution >= 4 is 11.9 Å². The van der Waals surface area contributed by atoms with Crippen molar-refractivity contribution < 1.29 is 19.1 Å². The minimum absolute atomic E-state index is 0.0770. The van der Waals surface area contributed by atoms with E-state index in [1.807, 2.05) is 43.3 Å². The third-order valence-corrected chi connectivity index (χ3v) is 7.28. The van der Waals surface area contributed by atoms with Crippen LogP contribution in [0.15, 0.2) is 48.5 Å². The molecule has 0 spiro atoms. The minimum atomic E-state index is -0.288. The fraction of sp³-hybridized carbons (Fsp3) is 0.600. The van der Waals surface area contributed by atoms with Gasteiger partial charge in [0.2, 0.25) is 0 Å². The van der Waals surface area contributed by atoms with Crippen molar-refractivity contribution in [2.24, 2.45) is 0 Å². The van der Waals surface area contributed by atoms with E-state index in [9.17, 15) is 9.59 Å². The Morgan fingerprint density at radius 2 is 1.08 bits per heavy atom. The molecule has 0 aliphatic rings. The van der Waals surface area contributed by atoms with Crippen molar-refractivity contribution in [2.75, 3.05) is 0 Å². The van der Waals surface area contributed by atoms with Crippen LogP contribution in [0.3, 0.4) is 0 Å². The van der Waals surface area contributed by atoms with E-state index >= 15 is 0 Å². The van der Waals surface area contributed by atoms with Crippen molar-refractivity contribution in [3.63, 3.8) is 0 Å². The summed E-state index contributed by atoms with van der Waals surface area (Å²) in [5.74, 6) is 0.115. The smallest absolute Gasteiger partial charge is 0.338 e. The van der Waals surface area contributed by atoms with Gasteiger partial charge in [0, 0.05) is 6.42 Å². The predicted octanol–water partition coefficient (Wildman–Crippen LogP) is 10.5.